The molecule has 0 spiro atoms. The van der Waals surface area contributed by atoms with Gasteiger partial charge in [-0.15, -0.1) is 0 Å². The Labute approximate surface area is 127 Å². The van der Waals surface area contributed by atoms with Crippen molar-refractivity contribution in [2.75, 3.05) is 6.54 Å². The molecule has 1 heterocycles. The molecule has 0 bridgehead atoms. The quantitative estimate of drug-likeness (QED) is 0.907. The molecule has 0 fully saturated rings. The lowest BCUT2D eigenvalue weighted by atomic mass is 9.93. The summed E-state index contributed by atoms with van der Waals surface area (Å²) < 4.78 is 0. The van der Waals surface area contributed by atoms with Crippen LogP contribution in [-0.2, 0) is 0 Å². The molecule has 0 saturated heterocycles. The van der Waals surface area contributed by atoms with E-state index < -0.39 is 0 Å². The van der Waals surface area contributed by atoms with Crippen molar-refractivity contribution in [3.63, 3.8) is 0 Å². The predicted octanol–water partition coefficient (Wildman–Crippen LogP) is 3.80. The summed E-state index contributed by atoms with van der Waals surface area (Å²) in [6.45, 7) is 11.5. The fourth-order valence-corrected chi connectivity index (χ4v) is 2.69. The van der Waals surface area contributed by atoms with Gasteiger partial charge in [0.2, 0.25) is 0 Å². The zero-order valence-corrected chi connectivity index (χ0v) is 13.7. The molecule has 1 aromatic carbocycles. The van der Waals surface area contributed by atoms with Crippen LogP contribution in [0.3, 0.4) is 0 Å². The number of nitrogens with zero attached hydrogens (tertiary/aromatic N) is 2. The van der Waals surface area contributed by atoms with Gasteiger partial charge in [0.05, 0.1) is 17.4 Å². The summed E-state index contributed by atoms with van der Waals surface area (Å²) in [7, 11) is 0. The molecule has 0 radical (unpaired) electrons. The van der Waals surface area contributed by atoms with E-state index in [2.05, 4.69) is 60.6 Å². The van der Waals surface area contributed by atoms with E-state index in [0.29, 0.717) is 0 Å². The van der Waals surface area contributed by atoms with Gasteiger partial charge in [0.15, 0.2) is 0 Å². The molecule has 112 valence electrons. The molecule has 1 atom stereocenters. The molecule has 1 aromatic heterocycles. The van der Waals surface area contributed by atoms with Gasteiger partial charge in [-0.25, -0.2) is 0 Å². The first-order chi connectivity index (χ1) is 10.0. The van der Waals surface area contributed by atoms with Crippen molar-refractivity contribution in [3.8, 4) is 0 Å². The first kappa shape index (κ1) is 15.6. The molecular formula is C18H25N3. The van der Waals surface area contributed by atoms with Gasteiger partial charge >= 0.3 is 0 Å². The summed E-state index contributed by atoms with van der Waals surface area (Å²) in [5.74, 6) is 0. The monoisotopic (exact) mass is 283 g/mol. The van der Waals surface area contributed by atoms with Crippen LogP contribution in [0.15, 0.2) is 24.3 Å². The zero-order valence-electron chi connectivity index (χ0n) is 13.7. The minimum atomic E-state index is 0.180. The third-order valence-corrected chi connectivity index (χ3v) is 3.79. The highest BCUT2D eigenvalue weighted by Crippen LogP contribution is 2.27. The van der Waals surface area contributed by atoms with Gasteiger partial charge in [0.1, 0.15) is 0 Å². The summed E-state index contributed by atoms with van der Waals surface area (Å²) in [6, 6.07) is 8.98. The summed E-state index contributed by atoms with van der Waals surface area (Å²) in [6.07, 6.45) is 1.11. The van der Waals surface area contributed by atoms with E-state index in [1.54, 1.807) is 0 Å². The van der Waals surface area contributed by atoms with Crippen molar-refractivity contribution in [1.29, 1.82) is 0 Å². The number of rotatable bonds is 5. The second-order valence-electron chi connectivity index (χ2n) is 5.77. The fraction of sp³-hybridized carbons (Fsp3) is 0.444. The van der Waals surface area contributed by atoms with Crippen molar-refractivity contribution in [2.45, 2.75) is 47.1 Å². The Balaban J connectivity index is 2.49. The predicted molar refractivity (Wildman–Crippen MR) is 87.6 cm³/mol. The molecule has 21 heavy (non-hydrogen) atoms. The van der Waals surface area contributed by atoms with Crippen LogP contribution in [0.4, 0.5) is 0 Å². The first-order valence-corrected chi connectivity index (χ1v) is 7.64. The van der Waals surface area contributed by atoms with Gasteiger partial charge < -0.3 is 5.32 Å². The van der Waals surface area contributed by atoms with Crippen molar-refractivity contribution in [1.82, 2.24) is 15.5 Å². The molecule has 3 nitrogen and oxygen atoms in total. The van der Waals surface area contributed by atoms with Crippen LogP contribution in [0.2, 0.25) is 0 Å². The van der Waals surface area contributed by atoms with Gasteiger partial charge in [-0.1, -0.05) is 30.7 Å². The van der Waals surface area contributed by atoms with Crippen LogP contribution in [0.1, 0.15) is 53.0 Å². The molecule has 1 N–H and O–H groups in total. The third kappa shape index (κ3) is 3.67. The molecule has 0 saturated carbocycles. The molecule has 0 aliphatic heterocycles. The summed E-state index contributed by atoms with van der Waals surface area (Å²) in [5, 5.41) is 12.1. The van der Waals surface area contributed by atoms with Crippen molar-refractivity contribution in [3.05, 3.63) is 57.9 Å². The number of hydrogen-bond acceptors (Lipinski definition) is 3. The topological polar surface area (TPSA) is 37.8 Å². The number of hydrogen-bond donors (Lipinski definition) is 1. The highest BCUT2D eigenvalue weighted by atomic mass is 15.1. The van der Waals surface area contributed by atoms with E-state index in [4.69, 9.17) is 0 Å². The molecule has 0 aliphatic rings. The molecule has 3 heteroatoms. The third-order valence-electron chi connectivity index (χ3n) is 3.79. The van der Waals surface area contributed by atoms with Crippen LogP contribution >= 0.6 is 0 Å². The maximum atomic E-state index is 4.29. The SMILES string of the molecule is CCCNC(c1ccc(C)cc1C)c1cc(C)nnc1C. The van der Waals surface area contributed by atoms with Crippen LogP contribution < -0.4 is 5.32 Å². The van der Waals surface area contributed by atoms with Crippen LogP contribution in [0, 0.1) is 27.7 Å². The molecule has 1 unspecified atom stereocenters. The molecule has 0 aliphatic carbocycles. The Hall–Kier alpha value is -1.74. The lowest BCUT2D eigenvalue weighted by molar-refractivity contribution is 0.588. The Morgan fingerprint density at radius 1 is 1.00 bits per heavy atom. The minimum Gasteiger partial charge on any atom is -0.306 e. The van der Waals surface area contributed by atoms with E-state index in [-0.39, 0.29) is 6.04 Å². The van der Waals surface area contributed by atoms with E-state index in [1.165, 1.54) is 22.3 Å². The van der Waals surface area contributed by atoms with Gasteiger partial charge in [-0.3, -0.25) is 0 Å². The van der Waals surface area contributed by atoms with E-state index in [9.17, 15) is 0 Å². The summed E-state index contributed by atoms with van der Waals surface area (Å²) in [4.78, 5) is 0. The molecule has 2 aromatic rings. The lowest BCUT2D eigenvalue weighted by Crippen LogP contribution is -2.25. The fourth-order valence-electron chi connectivity index (χ4n) is 2.69. The second-order valence-corrected chi connectivity index (χ2v) is 5.77. The average Bonchev–Trinajstić information content (AvgIpc) is 2.44. The summed E-state index contributed by atoms with van der Waals surface area (Å²) in [5.41, 5.74) is 7.12. The first-order valence-electron chi connectivity index (χ1n) is 7.64. The normalized spacial score (nSPS) is 12.4. The van der Waals surface area contributed by atoms with Crippen molar-refractivity contribution in [2.24, 2.45) is 0 Å². The summed E-state index contributed by atoms with van der Waals surface area (Å²) >= 11 is 0. The minimum absolute atomic E-state index is 0.180. The van der Waals surface area contributed by atoms with E-state index >= 15 is 0 Å². The largest absolute Gasteiger partial charge is 0.306 e. The Morgan fingerprint density at radius 2 is 1.76 bits per heavy atom. The second kappa shape index (κ2) is 6.81. The lowest BCUT2D eigenvalue weighted by Gasteiger charge is -2.23. The van der Waals surface area contributed by atoms with Gasteiger partial charge in [-0.05, 0) is 63.4 Å². The number of nitrogens with one attached hydrogen (secondary N) is 1. The van der Waals surface area contributed by atoms with Crippen molar-refractivity contribution < 1.29 is 0 Å². The number of aromatic nitrogens is 2. The highest BCUT2D eigenvalue weighted by molar-refractivity contribution is 5.40. The number of benzene rings is 1. The van der Waals surface area contributed by atoms with Gasteiger partial charge in [-0.2, -0.15) is 10.2 Å². The van der Waals surface area contributed by atoms with Crippen LogP contribution in [0.25, 0.3) is 0 Å². The smallest absolute Gasteiger partial charge is 0.0651 e. The van der Waals surface area contributed by atoms with Gasteiger partial charge in [0, 0.05) is 0 Å². The van der Waals surface area contributed by atoms with Crippen LogP contribution in [-0.4, -0.2) is 16.7 Å². The molecule has 2 rings (SSSR count). The van der Waals surface area contributed by atoms with E-state index in [1.807, 2.05) is 13.8 Å². The maximum absolute atomic E-state index is 4.29. The highest BCUT2D eigenvalue weighted by Gasteiger charge is 2.18. The Bertz CT molecular complexity index is 620. The van der Waals surface area contributed by atoms with Gasteiger partial charge in [0.25, 0.3) is 0 Å². The maximum Gasteiger partial charge on any atom is 0.0651 e. The van der Waals surface area contributed by atoms with E-state index in [0.717, 1.165) is 24.4 Å². The molecular weight excluding hydrogens is 258 g/mol. The Kier molecular flexibility index (Phi) is 5.07. The average molecular weight is 283 g/mol. The standard InChI is InChI=1S/C18H25N3/c1-6-9-19-18(16-8-7-12(2)10-13(16)3)17-11-14(4)20-21-15(17)5/h7-8,10-11,18-19H,6,9H2,1-5H3. The molecule has 0 amide bonds. The van der Waals surface area contributed by atoms with Crippen molar-refractivity contribution >= 4 is 0 Å². The number of aryl methyl sites for hydroxylation is 4. The zero-order chi connectivity index (χ0) is 15.4. The van der Waals surface area contributed by atoms with Crippen LogP contribution in [0.5, 0.6) is 0 Å². The Morgan fingerprint density at radius 3 is 2.43 bits per heavy atom.